The summed E-state index contributed by atoms with van der Waals surface area (Å²) in [5.41, 5.74) is 0. The van der Waals surface area contributed by atoms with E-state index in [0.29, 0.717) is 0 Å². The minimum Gasteiger partial charge on any atom is -0.351 e. The van der Waals surface area contributed by atoms with Gasteiger partial charge in [-0.25, -0.2) is 0 Å². The van der Waals surface area contributed by atoms with Crippen molar-refractivity contribution in [2.45, 2.75) is 9.79 Å². The van der Waals surface area contributed by atoms with E-state index in [2.05, 4.69) is 36.4 Å². The van der Waals surface area contributed by atoms with Crippen LogP contribution in [0.2, 0.25) is 0 Å². The molecule has 0 atom stereocenters. The van der Waals surface area contributed by atoms with E-state index >= 15 is 0 Å². The fraction of sp³-hybridized carbons (Fsp3) is 0. The first-order valence-electron chi connectivity index (χ1n) is 7.70. The summed E-state index contributed by atoms with van der Waals surface area (Å²) >= 11 is 0. The molecule has 0 bridgehead atoms. The third-order valence-electron chi connectivity index (χ3n) is 4.12. The first kappa shape index (κ1) is 18.6. The van der Waals surface area contributed by atoms with Gasteiger partial charge in [0.05, 0.1) is 0 Å². The van der Waals surface area contributed by atoms with Crippen molar-refractivity contribution < 1.29 is 30.9 Å². The van der Waals surface area contributed by atoms with Gasteiger partial charge in [0.1, 0.15) is 7.15 Å². The summed E-state index contributed by atoms with van der Waals surface area (Å²) in [5, 5.41) is 4.41. The van der Waals surface area contributed by atoms with Crippen molar-refractivity contribution in [1.82, 2.24) is 0 Å². The first-order valence-corrected chi connectivity index (χ1v) is 11.0. The molecule has 0 amide bonds. The predicted molar refractivity (Wildman–Crippen MR) is 105 cm³/mol. The Kier molecular flexibility index (Phi) is 5.94. The molecule has 126 valence electrons. The van der Waals surface area contributed by atoms with Crippen LogP contribution in [0.15, 0.2) is 94.7 Å². The third-order valence-corrected chi connectivity index (χ3v) is 8.49. The van der Waals surface area contributed by atoms with Crippen LogP contribution in [-0.4, -0.2) is 9.79 Å². The molecule has 4 rings (SSSR count). The van der Waals surface area contributed by atoms with Crippen LogP contribution in [0.4, 0.5) is 0 Å². The largest absolute Gasteiger partial charge is 0.351 e. The Bertz CT molecular complexity index is 999. The van der Waals surface area contributed by atoms with Gasteiger partial charge < -0.3 is 9.79 Å². The zero-order valence-corrected chi connectivity index (χ0v) is 17.1. The van der Waals surface area contributed by atoms with Crippen molar-refractivity contribution in [2.24, 2.45) is 0 Å². The number of fused-ring (bicyclic) bond motifs is 2. The second-order valence-corrected chi connectivity index (χ2v) is 9.92. The van der Waals surface area contributed by atoms with Crippen LogP contribution in [0.25, 0.3) is 21.5 Å². The van der Waals surface area contributed by atoms with Crippen molar-refractivity contribution >= 4 is 38.8 Å². The van der Waals surface area contributed by atoms with Gasteiger partial charge in [-0.3, -0.25) is 0 Å². The molecule has 0 fully saturated rings. The Morgan fingerprint density at radius 3 is 1.40 bits per heavy atom. The molecular formula is C20H17MoO2PS. The van der Waals surface area contributed by atoms with E-state index < -0.39 is 17.2 Å². The van der Waals surface area contributed by atoms with Crippen molar-refractivity contribution in [2.75, 3.05) is 0 Å². The molecule has 0 saturated carbocycles. The minimum atomic E-state index is -2.53. The molecule has 0 radical (unpaired) electrons. The smallest absolute Gasteiger partial charge is 0.139 e. The zero-order chi connectivity index (χ0) is 16.5. The van der Waals surface area contributed by atoms with Crippen LogP contribution in [0.1, 0.15) is 0 Å². The summed E-state index contributed by atoms with van der Waals surface area (Å²) in [6, 6.07) is 28.4. The van der Waals surface area contributed by atoms with Gasteiger partial charge in [-0.2, -0.15) is 0 Å². The summed E-state index contributed by atoms with van der Waals surface area (Å²) in [6.45, 7) is 0. The van der Waals surface area contributed by atoms with Crippen LogP contribution in [0.5, 0.6) is 0 Å². The maximum atomic E-state index is 10.3. The van der Waals surface area contributed by atoms with Gasteiger partial charge in [-0.15, -0.1) is 0 Å². The predicted octanol–water partition coefficient (Wildman–Crippen LogP) is 4.97. The SMILES string of the molecule is O[PH](O)=S(c1cccc2ccccc12)c1cccc2ccccc12.[Mo]. The number of benzene rings is 4. The van der Waals surface area contributed by atoms with Gasteiger partial charge in [0, 0.05) is 30.9 Å². The molecule has 0 aliphatic heterocycles. The fourth-order valence-electron chi connectivity index (χ4n) is 3.06. The molecule has 0 aliphatic carbocycles. The van der Waals surface area contributed by atoms with Gasteiger partial charge in [0.15, 0.2) is 0 Å². The summed E-state index contributed by atoms with van der Waals surface area (Å²) in [5.74, 6) is 0. The summed E-state index contributed by atoms with van der Waals surface area (Å²) in [4.78, 5) is 22.6. The number of rotatable bonds is 2. The molecular weight excluding hydrogens is 431 g/mol. The molecule has 2 nitrogen and oxygen atoms in total. The van der Waals surface area contributed by atoms with E-state index in [0.717, 1.165) is 31.3 Å². The van der Waals surface area contributed by atoms with E-state index in [1.165, 1.54) is 0 Å². The van der Waals surface area contributed by atoms with Crippen molar-refractivity contribution in [1.29, 1.82) is 0 Å². The first-order chi connectivity index (χ1) is 11.8. The fourth-order valence-corrected chi connectivity index (χ4v) is 7.18. The van der Waals surface area contributed by atoms with Gasteiger partial charge >= 0.3 is 0 Å². The summed E-state index contributed by atoms with van der Waals surface area (Å²) < 4.78 is 0. The van der Waals surface area contributed by atoms with E-state index in [4.69, 9.17) is 0 Å². The van der Waals surface area contributed by atoms with Crippen LogP contribution in [0.3, 0.4) is 0 Å². The Hall–Kier alpha value is -1.21. The third kappa shape index (κ3) is 3.53. The second-order valence-electron chi connectivity index (χ2n) is 5.54. The Morgan fingerprint density at radius 2 is 0.960 bits per heavy atom. The molecule has 0 aromatic heterocycles. The summed E-state index contributed by atoms with van der Waals surface area (Å²) in [6.07, 6.45) is 0. The molecule has 0 unspecified atom stereocenters. The maximum Gasteiger partial charge on any atom is 0.139 e. The number of hydrogen-bond donors (Lipinski definition) is 2. The molecule has 0 heterocycles. The van der Waals surface area contributed by atoms with Gasteiger partial charge in [0.25, 0.3) is 0 Å². The van der Waals surface area contributed by atoms with Crippen molar-refractivity contribution in [3.05, 3.63) is 84.9 Å². The Balaban J connectivity index is 0.00000182. The Morgan fingerprint density at radius 1 is 0.560 bits per heavy atom. The van der Waals surface area contributed by atoms with E-state index in [-0.39, 0.29) is 21.1 Å². The minimum absolute atomic E-state index is 0. The second kappa shape index (κ2) is 7.99. The average Bonchev–Trinajstić information content (AvgIpc) is 2.62. The van der Waals surface area contributed by atoms with E-state index in [1.54, 1.807) is 0 Å². The number of hydrogen-bond acceptors (Lipinski definition) is 0. The maximum absolute atomic E-state index is 10.3. The standard InChI is InChI=1S/C20H17O2PS.Mo/c21-23(22)24(19-13-5-9-15-7-1-3-11-17(15)19)20-14-6-10-16-8-2-4-12-18(16)20;/h1-14,21-23H;. The Labute approximate surface area is 163 Å². The molecule has 2 N–H and O–H groups in total. The van der Waals surface area contributed by atoms with Gasteiger partial charge in [0.2, 0.25) is 0 Å². The topological polar surface area (TPSA) is 40.5 Å². The molecule has 4 aromatic carbocycles. The van der Waals surface area contributed by atoms with Crippen LogP contribution < -0.4 is 0 Å². The van der Waals surface area contributed by atoms with Crippen LogP contribution >= 0.6 is 7.15 Å². The van der Waals surface area contributed by atoms with Crippen molar-refractivity contribution in [3.8, 4) is 0 Å². The van der Waals surface area contributed by atoms with E-state index in [1.807, 2.05) is 48.5 Å². The summed E-state index contributed by atoms with van der Waals surface area (Å²) in [7, 11) is -3.27. The zero-order valence-electron chi connectivity index (χ0n) is 13.3. The molecule has 0 spiro atoms. The van der Waals surface area contributed by atoms with Gasteiger partial charge in [-0.1, -0.05) is 82.9 Å². The molecule has 25 heavy (non-hydrogen) atoms. The van der Waals surface area contributed by atoms with Crippen LogP contribution in [-0.2, 0) is 31.1 Å². The van der Waals surface area contributed by atoms with E-state index in [9.17, 15) is 9.79 Å². The van der Waals surface area contributed by atoms with Crippen molar-refractivity contribution in [3.63, 3.8) is 0 Å². The molecule has 5 heteroatoms. The molecule has 0 aliphatic rings. The molecule has 0 saturated heterocycles. The van der Waals surface area contributed by atoms with Crippen LogP contribution in [0, 0.1) is 0 Å². The molecule has 4 aromatic rings. The van der Waals surface area contributed by atoms with Gasteiger partial charge in [-0.05, 0) is 33.7 Å². The monoisotopic (exact) mass is 450 g/mol. The average molecular weight is 448 g/mol. The normalized spacial score (nSPS) is 11.2. The quantitative estimate of drug-likeness (QED) is 0.336.